The van der Waals surface area contributed by atoms with E-state index in [9.17, 15) is 14.7 Å². The molecule has 3 aromatic carbocycles. The Hall–Kier alpha value is -3.08. The number of ether oxygens (including phenoxy) is 2. The summed E-state index contributed by atoms with van der Waals surface area (Å²) in [7, 11) is 0. The molecule has 9 nitrogen and oxygen atoms in total. The maximum Gasteiger partial charge on any atom is 1.00 e. The van der Waals surface area contributed by atoms with Crippen LogP contribution in [0, 0.1) is 20.8 Å². The van der Waals surface area contributed by atoms with E-state index >= 15 is 0 Å². The van der Waals surface area contributed by atoms with Gasteiger partial charge in [-0.3, -0.25) is 9.53 Å². The normalized spacial score (nSPS) is 11.6. The number of rotatable bonds is 10. The predicted molar refractivity (Wildman–Crippen MR) is 137 cm³/mol. The third-order valence-electron chi connectivity index (χ3n) is 6.13. The first-order valence-electron chi connectivity index (χ1n) is 11.8. The van der Waals surface area contributed by atoms with Crippen molar-refractivity contribution < 1.29 is 53.8 Å². The summed E-state index contributed by atoms with van der Waals surface area (Å²) in [6.07, 6.45) is -0.917. The predicted octanol–water partition coefficient (Wildman–Crippen LogP) is -0.286. The standard InChI is InChI=1S/C28H30N2O7.Na/c1-17-12-26(36-16-22(32)14-31)18(2)11-25(17)24-6-4-5-21(19(24)3)15-35-23-9-7-20(8-10-23)13-30-27(33)29-28(34)37-30;/h4-12,22,31-32H,13-16H2,1-3H3,(H,29,33,34);/q;+1/p-1/t22-;/m1./s1. The van der Waals surface area contributed by atoms with E-state index in [2.05, 4.69) is 24.0 Å². The molecule has 2 N–H and O–H groups in total. The molecule has 1 atom stereocenters. The van der Waals surface area contributed by atoms with Crippen LogP contribution in [0.1, 0.15) is 27.8 Å². The van der Waals surface area contributed by atoms with Crippen LogP contribution >= 0.6 is 0 Å². The third-order valence-corrected chi connectivity index (χ3v) is 6.13. The zero-order valence-corrected chi connectivity index (χ0v) is 23.9. The Morgan fingerprint density at radius 3 is 2.37 bits per heavy atom. The van der Waals surface area contributed by atoms with Gasteiger partial charge >= 0.3 is 35.3 Å². The second kappa shape index (κ2) is 13.1. The number of hydrogen-bond acceptors (Lipinski definition) is 7. The minimum absolute atomic E-state index is 0. The van der Waals surface area contributed by atoms with Crippen LogP contribution < -0.4 is 55.5 Å². The van der Waals surface area contributed by atoms with Gasteiger partial charge in [0.1, 0.15) is 30.8 Å². The number of aryl methyl sites for hydroxylation is 2. The summed E-state index contributed by atoms with van der Waals surface area (Å²) in [4.78, 5) is 25.8. The van der Waals surface area contributed by atoms with Crippen molar-refractivity contribution in [3.8, 4) is 22.6 Å². The molecule has 1 heterocycles. The molecular formula is C28H29N2NaO7. The van der Waals surface area contributed by atoms with Gasteiger partial charge in [-0.05, 0) is 84.0 Å². The van der Waals surface area contributed by atoms with Crippen molar-refractivity contribution in [1.29, 1.82) is 0 Å². The number of aliphatic hydroxyl groups is 2. The summed E-state index contributed by atoms with van der Waals surface area (Å²) < 4.78 is 17.4. The van der Waals surface area contributed by atoms with Crippen molar-refractivity contribution >= 4 is 0 Å². The monoisotopic (exact) mass is 528 g/mol. The number of benzene rings is 3. The van der Waals surface area contributed by atoms with E-state index in [4.69, 9.17) is 19.1 Å². The Balaban J connectivity index is 0.00000400. The quantitative estimate of drug-likeness (QED) is 0.269. The zero-order valence-electron chi connectivity index (χ0n) is 21.9. The number of hydrogen-bond donors (Lipinski definition) is 2. The van der Waals surface area contributed by atoms with Crippen LogP contribution in [0.5, 0.6) is 11.5 Å². The summed E-state index contributed by atoms with van der Waals surface area (Å²) in [5.41, 5.74) is 6.35. The van der Waals surface area contributed by atoms with Crippen molar-refractivity contribution in [2.45, 2.75) is 40.0 Å². The van der Waals surface area contributed by atoms with Gasteiger partial charge in [0.05, 0.1) is 6.61 Å². The Labute approximate surface area is 241 Å². The second-order valence-electron chi connectivity index (χ2n) is 8.89. The summed E-state index contributed by atoms with van der Waals surface area (Å²) in [6.45, 7) is 6.20. The van der Waals surface area contributed by atoms with Gasteiger partial charge in [-0.1, -0.05) is 30.3 Å². The maximum absolute atomic E-state index is 11.6. The molecule has 1 aromatic heterocycles. The van der Waals surface area contributed by atoms with E-state index in [1.165, 1.54) is 0 Å². The fourth-order valence-corrected chi connectivity index (χ4v) is 4.01. The molecule has 0 bridgehead atoms. The molecule has 4 rings (SSSR count). The fourth-order valence-electron chi connectivity index (χ4n) is 4.01. The average Bonchev–Trinajstić information content (AvgIpc) is 3.20. The molecule has 0 amide bonds. The summed E-state index contributed by atoms with van der Waals surface area (Å²) in [6, 6.07) is 17.3. The molecule has 0 aliphatic carbocycles. The second-order valence-corrected chi connectivity index (χ2v) is 8.89. The van der Waals surface area contributed by atoms with Crippen LogP contribution in [-0.4, -0.2) is 34.3 Å². The Kier molecular flexibility index (Phi) is 10.2. The summed E-state index contributed by atoms with van der Waals surface area (Å²) in [5, 5.41) is 18.6. The first-order chi connectivity index (χ1) is 17.7. The Morgan fingerprint density at radius 1 is 0.974 bits per heavy atom. The van der Waals surface area contributed by atoms with Crippen molar-refractivity contribution in [2.24, 2.45) is 0 Å². The van der Waals surface area contributed by atoms with Crippen LogP contribution in [-0.2, 0) is 13.2 Å². The van der Waals surface area contributed by atoms with E-state index in [1.807, 2.05) is 32.0 Å². The van der Waals surface area contributed by atoms with Gasteiger partial charge in [-0.2, -0.15) is 0 Å². The Morgan fingerprint density at radius 2 is 1.71 bits per heavy atom. The number of aliphatic hydroxyl groups excluding tert-OH is 2. The van der Waals surface area contributed by atoms with E-state index in [-0.39, 0.29) is 49.3 Å². The van der Waals surface area contributed by atoms with E-state index in [1.54, 1.807) is 24.3 Å². The van der Waals surface area contributed by atoms with Crippen molar-refractivity contribution in [3.63, 3.8) is 0 Å². The van der Waals surface area contributed by atoms with Crippen molar-refractivity contribution in [1.82, 2.24) is 9.72 Å². The van der Waals surface area contributed by atoms with Gasteiger partial charge in [0, 0.05) is 6.54 Å². The minimum Gasteiger partial charge on any atom is -0.491 e. The van der Waals surface area contributed by atoms with Crippen molar-refractivity contribution in [3.05, 3.63) is 103 Å². The maximum atomic E-state index is 11.6. The SMILES string of the molecule is Cc1cc(-c2cccc(COc3ccc(Cn4oc(=O)[n-]c4=O)cc3)c2C)c(C)cc1OC[C@H](O)CO.[Na+]. The fraction of sp³-hybridized carbons (Fsp3) is 0.286. The van der Waals surface area contributed by atoms with Crippen LogP contribution in [0.25, 0.3) is 11.1 Å². The van der Waals surface area contributed by atoms with Crippen LogP contribution in [0.3, 0.4) is 0 Å². The third kappa shape index (κ3) is 7.06. The molecule has 4 aromatic rings. The molecule has 0 saturated carbocycles. The average molecular weight is 529 g/mol. The largest absolute Gasteiger partial charge is 1.00 e. The van der Waals surface area contributed by atoms with Gasteiger partial charge in [0.2, 0.25) is 0 Å². The molecular weight excluding hydrogens is 499 g/mol. The minimum atomic E-state index is -0.917. The molecule has 10 heteroatoms. The van der Waals surface area contributed by atoms with Gasteiger partial charge in [0.25, 0.3) is 0 Å². The molecule has 0 aliphatic heterocycles. The zero-order chi connectivity index (χ0) is 26.5. The van der Waals surface area contributed by atoms with Crippen molar-refractivity contribution in [2.75, 3.05) is 13.2 Å². The topological polar surface area (TPSA) is 125 Å². The van der Waals surface area contributed by atoms with E-state index in [0.717, 1.165) is 43.7 Å². The number of nitrogens with zero attached hydrogens (tertiary/aromatic N) is 2. The van der Waals surface area contributed by atoms with Crippen LogP contribution in [0.2, 0.25) is 0 Å². The smallest absolute Gasteiger partial charge is 0.491 e. The molecule has 0 radical (unpaired) electrons. The molecule has 0 saturated heterocycles. The molecule has 38 heavy (non-hydrogen) atoms. The molecule has 0 aliphatic rings. The van der Waals surface area contributed by atoms with Gasteiger partial charge in [0.15, 0.2) is 5.69 Å². The van der Waals surface area contributed by atoms with Gasteiger partial charge < -0.3 is 29.2 Å². The summed E-state index contributed by atoms with van der Waals surface area (Å²) >= 11 is 0. The molecule has 0 spiro atoms. The van der Waals surface area contributed by atoms with E-state index in [0.29, 0.717) is 18.1 Å². The van der Waals surface area contributed by atoms with Crippen LogP contribution in [0.4, 0.5) is 0 Å². The van der Waals surface area contributed by atoms with E-state index < -0.39 is 17.5 Å². The van der Waals surface area contributed by atoms with Crippen LogP contribution in [0.15, 0.2) is 68.7 Å². The summed E-state index contributed by atoms with van der Waals surface area (Å²) in [5.74, 6) is 0.438. The first kappa shape index (κ1) is 29.5. The molecule has 194 valence electrons. The van der Waals surface area contributed by atoms with Gasteiger partial charge in [-0.15, -0.1) is 0 Å². The number of aromatic nitrogens is 2. The molecule has 0 fully saturated rings. The van der Waals surface area contributed by atoms with Gasteiger partial charge in [-0.25, -0.2) is 4.79 Å². The molecule has 0 unspecified atom stereocenters. The Bertz CT molecular complexity index is 1490. The first-order valence-corrected chi connectivity index (χ1v) is 11.8.